The molecule has 0 aromatic rings. The molecule has 0 aromatic carbocycles. The van der Waals surface area contributed by atoms with Crippen molar-refractivity contribution in [1.82, 2.24) is 16.0 Å². The van der Waals surface area contributed by atoms with Crippen molar-refractivity contribution in [2.75, 3.05) is 33.2 Å². The maximum Gasteiger partial charge on any atom is 0.216 e. The third kappa shape index (κ3) is 9.39. The van der Waals surface area contributed by atoms with E-state index in [2.05, 4.69) is 16.0 Å². The lowest BCUT2D eigenvalue weighted by molar-refractivity contribution is -0.118. The van der Waals surface area contributed by atoms with Gasteiger partial charge in [0, 0.05) is 26.6 Å². The highest BCUT2D eigenvalue weighted by Crippen LogP contribution is 1.72. The number of hydrogen-bond acceptors (Lipinski definition) is 3. The van der Waals surface area contributed by atoms with Gasteiger partial charge in [0.05, 0.1) is 0 Å². The van der Waals surface area contributed by atoms with Crippen LogP contribution in [0.2, 0.25) is 0 Å². The summed E-state index contributed by atoms with van der Waals surface area (Å²) in [6, 6.07) is 0. The number of carbonyl (C=O) groups is 1. The summed E-state index contributed by atoms with van der Waals surface area (Å²) in [7, 11) is 1.93. The van der Waals surface area contributed by atoms with Crippen molar-refractivity contribution >= 4 is 5.91 Å². The average molecular weight is 173 g/mol. The van der Waals surface area contributed by atoms with E-state index in [-0.39, 0.29) is 5.91 Å². The zero-order chi connectivity index (χ0) is 9.23. The Morgan fingerprint density at radius 1 is 1.17 bits per heavy atom. The summed E-state index contributed by atoms with van der Waals surface area (Å²) in [6.45, 7) is 5.23. The van der Waals surface area contributed by atoms with Crippen LogP contribution in [-0.4, -0.2) is 39.1 Å². The molecule has 0 saturated carbocycles. The third-order valence-electron chi connectivity index (χ3n) is 1.46. The molecule has 0 saturated heterocycles. The van der Waals surface area contributed by atoms with E-state index in [0.717, 1.165) is 32.6 Å². The lowest BCUT2D eigenvalue weighted by Crippen LogP contribution is -2.28. The zero-order valence-corrected chi connectivity index (χ0v) is 7.94. The molecule has 0 heterocycles. The van der Waals surface area contributed by atoms with E-state index in [1.165, 1.54) is 6.92 Å². The van der Waals surface area contributed by atoms with E-state index in [4.69, 9.17) is 0 Å². The Morgan fingerprint density at radius 2 is 1.92 bits per heavy atom. The van der Waals surface area contributed by atoms with Gasteiger partial charge in [-0.05, 0) is 20.0 Å². The fourth-order valence-electron chi connectivity index (χ4n) is 0.816. The highest BCUT2D eigenvalue weighted by molar-refractivity contribution is 5.72. The Kier molecular flexibility index (Phi) is 8.05. The first-order chi connectivity index (χ1) is 5.77. The predicted molar refractivity (Wildman–Crippen MR) is 50.1 cm³/mol. The van der Waals surface area contributed by atoms with Crippen molar-refractivity contribution < 1.29 is 4.79 Å². The molecule has 0 bridgehead atoms. The van der Waals surface area contributed by atoms with Crippen molar-refractivity contribution in [2.45, 2.75) is 13.3 Å². The second kappa shape index (κ2) is 8.49. The number of amides is 1. The molecule has 0 aromatic heterocycles. The van der Waals surface area contributed by atoms with Crippen molar-refractivity contribution in [3.63, 3.8) is 0 Å². The fourth-order valence-corrected chi connectivity index (χ4v) is 0.816. The molecule has 0 radical (unpaired) electrons. The summed E-state index contributed by atoms with van der Waals surface area (Å²) < 4.78 is 0. The Labute approximate surface area is 74.1 Å². The summed E-state index contributed by atoms with van der Waals surface area (Å²) >= 11 is 0. The number of hydrogen-bond donors (Lipinski definition) is 3. The maximum absolute atomic E-state index is 10.4. The van der Waals surface area contributed by atoms with Crippen molar-refractivity contribution in [1.29, 1.82) is 0 Å². The van der Waals surface area contributed by atoms with Gasteiger partial charge in [0.2, 0.25) is 5.91 Å². The highest BCUT2D eigenvalue weighted by atomic mass is 16.1. The lowest BCUT2D eigenvalue weighted by Gasteiger charge is -2.04. The van der Waals surface area contributed by atoms with Gasteiger partial charge in [-0.25, -0.2) is 0 Å². The van der Waals surface area contributed by atoms with Crippen LogP contribution in [0.4, 0.5) is 0 Å². The Hall–Kier alpha value is -0.610. The first kappa shape index (κ1) is 11.4. The normalized spacial score (nSPS) is 9.83. The molecule has 0 aliphatic heterocycles. The molecule has 4 nitrogen and oxygen atoms in total. The van der Waals surface area contributed by atoms with Gasteiger partial charge in [-0.3, -0.25) is 4.79 Å². The van der Waals surface area contributed by atoms with Crippen LogP contribution in [0.15, 0.2) is 0 Å². The summed E-state index contributed by atoms with van der Waals surface area (Å²) in [4.78, 5) is 10.4. The molecule has 0 aliphatic carbocycles. The minimum Gasteiger partial charge on any atom is -0.356 e. The second-order valence-corrected chi connectivity index (χ2v) is 2.69. The largest absolute Gasteiger partial charge is 0.356 e. The SMILES string of the molecule is CNCCNCCCNC(C)=O. The van der Waals surface area contributed by atoms with Crippen LogP contribution in [0.3, 0.4) is 0 Å². The van der Waals surface area contributed by atoms with Crippen LogP contribution in [0.5, 0.6) is 0 Å². The van der Waals surface area contributed by atoms with Gasteiger partial charge in [-0.1, -0.05) is 0 Å². The molecule has 3 N–H and O–H groups in total. The van der Waals surface area contributed by atoms with E-state index in [9.17, 15) is 4.79 Å². The fraction of sp³-hybridized carbons (Fsp3) is 0.875. The number of rotatable bonds is 7. The Balaban J connectivity index is 2.86. The minimum atomic E-state index is 0.0465. The van der Waals surface area contributed by atoms with Gasteiger partial charge in [0.15, 0.2) is 0 Å². The third-order valence-corrected chi connectivity index (χ3v) is 1.46. The lowest BCUT2D eigenvalue weighted by atomic mass is 10.4. The molecule has 0 atom stereocenters. The molecule has 0 spiro atoms. The van der Waals surface area contributed by atoms with Crippen LogP contribution in [-0.2, 0) is 4.79 Å². The second-order valence-electron chi connectivity index (χ2n) is 2.69. The summed E-state index contributed by atoms with van der Waals surface area (Å²) in [5.41, 5.74) is 0. The Bertz CT molecular complexity index is 117. The van der Waals surface area contributed by atoms with Crippen molar-refractivity contribution in [3.05, 3.63) is 0 Å². The van der Waals surface area contributed by atoms with E-state index >= 15 is 0 Å². The zero-order valence-electron chi connectivity index (χ0n) is 7.94. The molecule has 0 unspecified atom stereocenters. The molecule has 1 amide bonds. The van der Waals surface area contributed by atoms with E-state index < -0.39 is 0 Å². The number of nitrogens with one attached hydrogen (secondary N) is 3. The van der Waals surface area contributed by atoms with Gasteiger partial charge in [-0.2, -0.15) is 0 Å². The summed E-state index contributed by atoms with van der Waals surface area (Å²) in [6.07, 6.45) is 0.989. The van der Waals surface area contributed by atoms with Crippen LogP contribution < -0.4 is 16.0 Å². The van der Waals surface area contributed by atoms with Crippen LogP contribution in [0.25, 0.3) is 0 Å². The topological polar surface area (TPSA) is 53.2 Å². The Morgan fingerprint density at radius 3 is 2.50 bits per heavy atom. The number of likely N-dealkylation sites (N-methyl/N-ethyl adjacent to an activating group) is 1. The maximum atomic E-state index is 10.4. The number of carbonyl (C=O) groups excluding carboxylic acids is 1. The first-order valence-electron chi connectivity index (χ1n) is 4.37. The quantitative estimate of drug-likeness (QED) is 0.447. The summed E-state index contributed by atoms with van der Waals surface area (Å²) in [5, 5.41) is 9.03. The molecule has 0 rings (SSSR count). The predicted octanol–water partition coefficient (Wildman–Crippen LogP) is -0.678. The highest BCUT2D eigenvalue weighted by Gasteiger charge is 1.89. The van der Waals surface area contributed by atoms with Gasteiger partial charge in [0.25, 0.3) is 0 Å². The van der Waals surface area contributed by atoms with Crippen molar-refractivity contribution in [3.8, 4) is 0 Å². The van der Waals surface area contributed by atoms with Crippen molar-refractivity contribution in [2.24, 2.45) is 0 Å². The van der Waals surface area contributed by atoms with E-state index in [0.29, 0.717) is 0 Å². The molecular weight excluding hydrogens is 154 g/mol. The van der Waals surface area contributed by atoms with E-state index in [1.807, 2.05) is 7.05 Å². The first-order valence-corrected chi connectivity index (χ1v) is 4.37. The minimum absolute atomic E-state index is 0.0465. The standard InChI is InChI=1S/C8H19N3O/c1-8(12)11-5-3-4-10-7-6-9-2/h9-10H,3-7H2,1-2H3,(H,11,12). The van der Waals surface area contributed by atoms with Gasteiger partial charge in [-0.15, -0.1) is 0 Å². The molecule has 72 valence electrons. The average Bonchev–Trinajstić information content (AvgIpc) is 2.02. The molecule has 0 fully saturated rings. The smallest absolute Gasteiger partial charge is 0.216 e. The van der Waals surface area contributed by atoms with Crippen LogP contribution in [0, 0.1) is 0 Å². The van der Waals surface area contributed by atoms with Crippen LogP contribution >= 0.6 is 0 Å². The molecular formula is C8H19N3O. The van der Waals surface area contributed by atoms with Gasteiger partial charge < -0.3 is 16.0 Å². The molecule has 0 aliphatic rings. The van der Waals surface area contributed by atoms with Gasteiger partial charge >= 0.3 is 0 Å². The van der Waals surface area contributed by atoms with E-state index in [1.54, 1.807) is 0 Å². The van der Waals surface area contributed by atoms with Gasteiger partial charge in [0.1, 0.15) is 0 Å². The molecule has 12 heavy (non-hydrogen) atoms. The molecule has 4 heteroatoms. The monoisotopic (exact) mass is 173 g/mol. The summed E-state index contributed by atoms with van der Waals surface area (Å²) in [5.74, 6) is 0.0465. The van der Waals surface area contributed by atoms with Crippen LogP contribution in [0.1, 0.15) is 13.3 Å².